The third-order valence-corrected chi connectivity index (χ3v) is 2.62. The van der Waals surface area contributed by atoms with Crippen molar-refractivity contribution in [1.29, 1.82) is 0 Å². The average Bonchev–Trinajstić information content (AvgIpc) is 2.65. The Morgan fingerprint density at radius 2 is 2.31 bits per heavy atom. The standard InChI is InChI=1S/C10H11N3/c1-2-4-9-8(3-1)5-12-10-6-11-7-13(9)10/h1-4,7,10,12H,5-6H2. The van der Waals surface area contributed by atoms with Gasteiger partial charge in [-0.2, -0.15) is 0 Å². The molecule has 1 atom stereocenters. The lowest BCUT2D eigenvalue weighted by atomic mass is 10.1. The summed E-state index contributed by atoms with van der Waals surface area (Å²) < 4.78 is 0. The van der Waals surface area contributed by atoms with Gasteiger partial charge in [-0.15, -0.1) is 0 Å². The maximum Gasteiger partial charge on any atom is 0.105 e. The van der Waals surface area contributed by atoms with Crippen LogP contribution in [-0.4, -0.2) is 19.0 Å². The number of rotatable bonds is 0. The van der Waals surface area contributed by atoms with Crippen LogP contribution in [0.5, 0.6) is 0 Å². The molecule has 0 bridgehead atoms. The molecule has 66 valence electrons. The molecule has 0 amide bonds. The van der Waals surface area contributed by atoms with E-state index in [4.69, 9.17) is 0 Å². The quantitative estimate of drug-likeness (QED) is 0.633. The molecule has 1 aromatic carbocycles. The number of anilines is 1. The van der Waals surface area contributed by atoms with Crippen molar-refractivity contribution in [2.45, 2.75) is 12.7 Å². The van der Waals surface area contributed by atoms with E-state index in [-0.39, 0.29) is 0 Å². The maximum atomic E-state index is 4.27. The summed E-state index contributed by atoms with van der Waals surface area (Å²) in [6, 6.07) is 8.46. The Morgan fingerprint density at radius 3 is 3.31 bits per heavy atom. The first-order valence-electron chi connectivity index (χ1n) is 4.55. The first-order chi connectivity index (χ1) is 6.45. The van der Waals surface area contributed by atoms with E-state index in [0.29, 0.717) is 6.17 Å². The Hall–Kier alpha value is -1.35. The highest BCUT2D eigenvalue weighted by Gasteiger charge is 2.26. The van der Waals surface area contributed by atoms with Crippen LogP contribution in [0.4, 0.5) is 5.69 Å². The summed E-state index contributed by atoms with van der Waals surface area (Å²) in [5.74, 6) is 0. The van der Waals surface area contributed by atoms with Gasteiger partial charge in [0.2, 0.25) is 0 Å². The third-order valence-electron chi connectivity index (χ3n) is 2.62. The molecule has 0 radical (unpaired) electrons. The first-order valence-corrected chi connectivity index (χ1v) is 4.55. The number of fused-ring (bicyclic) bond motifs is 3. The fraction of sp³-hybridized carbons (Fsp3) is 0.300. The van der Waals surface area contributed by atoms with Crippen LogP contribution in [0.25, 0.3) is 0 Å². The van der Waals surface area contributed by atoms with E-state index in [1.54, 1.807) is 0 Å². The van der Waals surface area contributed by atoms with Gasteiger partial charge in [-0.1, -0.05) is 18.2 Å². The molecule has 1 unspecified atom stereocenters. The first kappa shape index (κ1) is 7.09. The summed E-state index contributed by atoms with van der Waals surface area (Å²) in [5.41, 5.74) is 2.65. The zero-order chi connectivity index (χ0) is 8.67. The van der Waals surface area contributed by atoms with Crippen LogP contribution in [-0.2, 0) is 6.54 Å². The summed E-state index contributed by atoms with van der Waals surface area (Å²) in [6.07, 6.45) is 2.31. The fourth-order valence-corrected chi connectivity index (χ4v) is 1.94. The zero-order valence-electron chi connectivity index (χ0n) is 7.27. The van der Waals surface area contributed by atoms with Crippen LogP contribution in [0.1, 0.15) is 5.56 Å². The highest BCUT2D eigenvalue weighted by molar-refractivity contribution is 5.84. The third kappa shape index (κ3) is 0.971. The summed E-state index contributed by atoms with van der Waals surface area (Å²) in [4.78, 5) is 6.47. The highest BCUT2D eigenvalue weighted by Crippen LogP contribution is 2.26. The lowest BCUT2D eigenvalue weighted by Gasteiger charge is -2.32. The summed E-state index contributed by atoms with van der Waals surface area (Å²) in [6.45, 7) is 1.83. The lowest BCUT2D eigenvalue weighted by molar-refractivity contribution is 0.532. The van der Waals surface area contributed by atoms with E-state index in [2.05, 4.69) is 39.5 Å². The zero-order valence-corrected chi connectivity index (χ0v) is 7.27. The fourth-order valence-electron chi connectivity index (χ4n) is 1.94. The molecule has 0 fully saturated rings. The predicted octanol–water partition coefficient (Wildman–Crippen LogP) is 0.964. The molecule has 13 heavy (non-hydrogen) atoms. The summed E-state index contributed by atoms with van der Waals surface area (Å²) >= 11 is 0. The molecule has 0 saturated heterocycles. The van der Waals surface area contributed by atoms with Gasteiger partial charge in [-0.25, -0.2) is 0 Å². The van der Waals surface area contributed by atoms with Crippen molar-refractivity contribution in [3.63, 3.8) is 0 Å². The second-order valence-corrected chi connectivity index (χ2v) is 3.41. The predicted molar refractivity (Wildman–Crippen MR) is 52.9 cm³/mol. The van der Waals surface area contributed by atoms with Crippen molar-refractivity contribution in [2.24, 2.45) is 4.99 Å². The largest absolute Gasteiger partial charge is 0.314 e. The number of hydrogen-bond acceptors (Lipinski definition) is 3. The van der Waals surface area contributed by atoms with Crippen LogP contribution >= 0.6 is 0 Å². The number of nitrogens with zero attached hydrogens (tertiary/aromatic N) is 2. The average molecular weight is 173 g/mol. The maximum absolute atomic E-state index is 4.27. The van der Waals surface area contributed by atoms with Crippen molar-refractivity contribution in [3.8, 4) is 0 Å². The monoisotopic (exact) mass is 173 g/mol. The van der Waals surface area contributed by atoms with E-state index < -0.39 is 0 Å². The van der Waals surface area contributed by atoms with Gasteiger partial charge in [0.15, 0.2) is 0 Å². The summed E-state index contributed by atoms with van der Waals surface area (Å²) in [5, 5.41) is 3.44. The van der Waals surface area contributed by atoms with E-state index in [9.17, 15) is 0 Å². The molecule has 0 saturated carbocycles. The van der Waals surface area contributed by atoms with Crippen LogP contribution in [0, 0.1) is 0 Å². The van der Waals surface area contributed by atoms with Gasteiger partial charge in [0.05, 0.1) is 12.9 Å². The minimum Gasteiger partial charge on any atom is -0.314 e. The van der Waals surface area contributed by atoms with Gasteiger partial charge in [0.25, 0.3) is 0 Å². The SMILES string of the molecule is C1=NCC2NCc3ccccc3N12. The molecule has 2 aliphatic heterocycles. The van der Waals surface area contributed by atoms with Gasteiger partial charge >= 0.3 is 0 Å². The Morgan fingerprint density at radius 1 is 1.38 bits per heavy atom. The van der Waals surface area contributed by atoms with E-state index in [1.165, 1.54) is 11.3 Å². The normalized spacial score (nSPS) is 24.3. The van der Waals surface area contributed by atoms with Gasteiger partial charge in [-0.3, -0.25) is 10.3 Å². The Kier molecular flexibility index (Phi) is 1.40. The van der Waals surface area contributed by atoms with Crippen LogP contribution in [0.2, 0.25) is 0 Å². The van der Waals surface area contributed by atoms with Crippen LogP contribution in [0.3, 0.4) is 0 Å². The molecule has 1 N–H and O–H groups in total. The van der Waals surface area contributed by atoms with Gasteiger partial charge in [0, 0.05) is 12.2 Å². The Balaban J connectivity index is 2.10. The molecule has 3 nitrogen and oxygen atoms in total. The lowest BCUT2D eigenvalue weighted by Crippen LogP contribution is -2.47. The van der Waals surface area contributed by atoms with Crippen molar-refractivity contribution in [2.75, 3.05) is 11.4 Å². The molecule has 2 aliphatic rings. The Labute approximate surface area is 77.1 Å². The topological polar surface area (TPSA) is 27.6 Å². The number of benzene rings is 1. The number of nitrogens with one attached hydrogen (secondary N) is 1. The molecular formula is C10H11N3. The molecule has 1 aromatic rings. The number of hydrogen-bond donors (Lipinski definition) is 1. The molecule has 2 heterocycles. The Bertz CT molecular complexity index is 359. The number of para-hydroxylation sites is 1. The minimum atomic E-state index is 0.384. The summed E-state index contributed by atoms with van der Waals surface area (Å²) in [7, 11) is 0. The van der Waals surface area contributed by atoms with Crippen LogP contribution in [0.15, 0.2) is 29.3 Å². The molecule has 0 spiro atoms. The van der Waals surface area contributed by atoms with Gasteiger partial charge in [-0.05, 0) is 11.6 Å². The molecule has 3 rings (SSSR count). The van der Waals surface area contributed by atoms with E-state index in [0.717, 1.165) is 13.1 Å². The molecular weight excluding hydrogens is 162 g/mol. The van der Waals surface area contributed by atoms with Crippen molar-refractivity contribution in [1.82, 2.24) is 5.32 Å². The van der Waals surface area contributed by atoms with Gasteiger partial charge < -0.3 is 4.90 Å². The van der Waals surface area contributed by atoms with Crippen molar-refractivity contribution < 1.29 is 0 Å². The highest BCUT2D eigenvalue weighted by atomic mass is 15.3. The smallest absolute Gasteiger partial charge is 0.105 e. The molecule has 3 heteroatoms. The van der Waals surface area contributed by atoms with Gasteiger partial charge in [0.1, 0.15) is 6.17 Å². The van der Waals surface area contributed by atoms with Crippen molar-refractivity contribution >= 4 is 12.0 Å². The second kappa shape index (κ2) is 2.57. The van der Waals surface area contributed by atoms with E-state index in [1.807, 2.05) is 6.34 Å². The van der Waals surface area contributed by atoms with E-state index >= 15 is 0 Å². The van der Waals surface area contributed by atoms with Crippen LogP contribution < -0.4 is 10.2 Å². The molecule has 0 aromatic heterocycles. The van der Waals surface area contributed by atoms with Crippen molar-refractivity contribution in [3.05, 3.63) is 29.8 Å². The molecule has 0 aliphatic carbocycles. The second-order valence-electron chi connectivity index (χ2n) is 3.41. The number of aliphatic imine (C=N–C) groups is 1. The minimum absolute atomic E-state index is 0.384.